The van der Waals surface area contributed by atoms with E-state index in [2.05, 4.69) is 5.32 Å². The standard InChI is InChI=1S/C7H14N2O2/c1-3-6(5(2)10)9-7(11)4-8/h6H,3-4,8H2,1-2H3,(H,9,11)/t6-/m0/s1. The van der Waals surface area contributed by atoms with Crippen LogP contribution in [0.2, 0.25) is 0 Å². The van der Waals surface area contributed by atoms with Gasteiger partial charge in [0.05, 0.1) is 12.6 Å². The van der Waals surface area contributed by atoms with Crippen molar-refractivity contribution in [2.75, 3.05) is 6.54 Å². The maximum atomic E-state index is 10.8. The van der Waals surface area contributed by atoms with Crippen LogP contribution in [0.3, 0.4) is 0 Å². The molecule has 0 aliphatic heterocycles. The Bertz CT molecular complexity index is 157. The van der Waals surface area contributed by atoms with Crippen LogP contribution < -0.4 is 11.1 Å². The van der Waals surface area contributed by atoms with Crippen molar-refractivity contribution >= 4 is 11.7 Å². The summed E-state index contributed by atoms with van der Waals surface area (Å²) in [5.41, 5.74) is 5.05. The number of hydrogen-bond acceptors (Lipinski definition) is 3. The van der Waals surface area contributed by atoms with Gasteiger partial charge in [0.25, 0.3) is 0 Å². The Morgan fingerprint density at radius 3 is 2.36 bits per heavy atom. The number of amides is 1. The molecule has 0 radical (unpaired) electrons. The Morgan fingerprint density at radius 1 is 1.55 bits per heavy atom. The Hall–Kier alpha value is -0.900. The molecule has 1 amide bonds. The highest BCUT2D eigenvalue weighted by atomic mass is 16.2. The Labute approximate surface area is 66.1 Å². The van der Waals surface area contributed by atoms with Crippen LogP contribution in [0.5, 0.6) is 0 Å². The van der Waals surface area contributed by atoms with Gasteiger partial charge in [-0.3, -0.25) is 9.59 Å². The van der Waals surface area contributed by atoms with E-state index in [0.29, 0.717) is 6.42 Å². The number of ketones is 1. The Morgan fingerprint density at radius 2 is 2.09 bits per heavy atom. The third-order valence-electron chi connectivity index (χ3n) is 1.42. The molecule has 64 valence electrons. The second-order valence-electron chi connectivity index (χ2n) is 2.34. The van der Waals surface area contributed by atoms with Gasteiger partial charge in [0.2, 0.25) is 5.91 Å². The van der Waals surface area contributed by atoms with Gasteiger partial charge in [-0.1, -0.05) is 6.92 Å². The fraction of sp³-hybridized carbons (Fsp3) is 0.714. The summed E-state index contributed by atoms with van der Waals surface area (Å²) < 4.78 is 0. The molecular weight excluding hydrogens is 144 g/mol. The quantitative estimate of drug-likeness (QED) is 0.575. The summed E-state index contributed by atoms with van der Waals surface area (Å²) in [5.74, 6) is -0.318. The Kier molecular flexibility index (Phi) is 4.45. The summed E-state index contributed by atoms with van der Waals surface area (Å²) in [4.78, 5) is 21.5. The van der Waals surface area contributed by atoms with Gasteiger partial charge in [0, 0.05) is 0 Å². The van der Waals surface area contributed by atoms with Crippen molar-refractivity contribution in [3.8, 4) is 0 Å². The minimum absolute atomic E-state index is 0.0331. The molecule has 0 heterocycles. The van der Waals surface area contributed by atoms with Crippen LogP contribution in [-0.2, 0) is 9.59 Å². The molecule has 4 heteroatoms. The molecule has 3 N–H and O–H groups in total. The first-order valence-corrected chi connectivity index (χ1v) is 3.61. The molecule has 4 nitrogen and oxygen atoms in total. The van der Waals surface area contributed by atoms with Crippen molar-refractivity contribution in [3.63, 3.8) is 0 Å². The normalized spacial score (nSPS) is 12.3. The largest absolute Gasteiger partial charge is 0.345 e. The molecule has 0 bridgehead atoms. The van der Waals surface area contributed by atoms with E-state index >= 15 is 0 Å². The van der Waals surface area contributed by atoms with Gasteiger partial charge in [-0.15, -0.1) is 0 Å². The molecule has 0 saturated carbocycles. The molecule has 0 aromatic rings. The summed E-state index contributed by atoms with van der Waals surface area (Å²) in [7, 11) is 0. The molecule has 0 saturated heterocycles. The van der Waals surface area contributed by atoms with E-state index < -0.39 is 0 Å². The Balaban J connectivity index is 3.88. The van der Waals surface area contributed by atoms with Crippen molar-refractivity contribution < 1.29 is 9.59 Å². The van der Waals surface area contributed by atoms with Gasteiger partial charge in [0.15, 0.2) is 5.78 Å². The summed E-state index contributed by atoms with van der Waals surface area (Å²) in [6.07, 6.45) is 0.612. The fourth-order valence-electron chi connectivity index (χ4n) is 0.744. The van der Waals surface area contributed by atoms with Crippen molar-refractivity contribution in [2.24, 2.45) is 5.73 Å². The number of carbonyl (C=O) groups is 2. The van der Waals surface area contributed by atoms with E-state index in [1.165, 1.54) is 6.92 Å². The maximum Gasteiger partial charge on any atom is 0.234 e. The number of nitrogens with one attached hydrogen (secondary N) is 1. The van der Waals surface area contributed by atoms with E-state index in [0.717, 1.165) is 0 Å². The van der Waals surface area contributed by atoms with Crippen molar-refractivity contribution in [3.05, 3.63) is 0 Å². The molecule has 0 aromatic heterocycles. The zero-order chi connectivity index (χ0) is 8.85. The highest BCUT2D eigenvalue weighted by molar-refractivity contribution is 5.87. The minimum atomic E-state index is -0.369. The molecule has 0 spiro atoms. The predicted octanol–water partition coefficient (Wildman–Crippen LogP) is -0.571. The van der Waals surface area contributed by atoms with Gasteiger partial charge < -0.3 is 11.1 Å². The summed E-state index contributed by atoms with van der Waals surface area (Å²) >= 11 is 0. The zero-order valence-electron chi connectivity index (χ0n) is 6.89. The third kappa shape index (κ3) is 3.72. The van der Waals surface area contributed by atoms with Crippen molar-refractivity contribution in [1.29, 1.82) is 0 Å². The van der Waals surface area contributed by atoms with Crippen LogP contribution >= 0.6 is 0 Å². The molecule has 1 atom stereocenters. The first-order valence-electron chi connectivity index (χ1n) is 3.61. The lowest BCUT2D eigenvalue weighted by atomic mass is 10.1. The monoisotopic (exact) mass is 158 g/mol. The highest BCUT2D eigenvalue weighted by Crippen LogP contribution is 1.91. The second-order valence-corrected chi connectivity index (χ2v) is 2.34. The number of hydrogen-bond donors (Lipinski definition) is 2. The lowest BCUT2D eigenvalue weighted by Crippen LogP contribution is -2.42. The molecular formula is C7H14N2O2. The van der Waals surface area contributed by atoms with Crippen LogP contribution in [0.25, 0.3) is 0 Å². The lowest BCUT2D eigenvalue weighted by molar-refractivity contribution is -0.126. The lowest BCUT2D eigenvalue weighted by Gasteiger charge is -2.11. The minimum Gasteiger partial charge on any atom is -0.345 e. The number of rotatable bonds is 4. The van der Waals surface area contributed by atoms with Crippen LogP contribution in [0.1, 0.15) is 20.3 Å². The molecule has 0 aliphatic carbocycles. The summed E-state index contributed by atoms with van der Waals surface area (Å²) in [6.45, 7) is 3.22. The molecule has 0 fully saturated rings. The van der Waals surface area contributed by atoms with Crippen molar-refractivity contribution in [1.82, 2.24) is 5.32 Å². The van der Waals surface area contributed by atoms with Gasteiger partial charge in [-0.25, -0.2) is 0 Å². The van der Waals surface area contributed by atoms with Crippen LogP contribution in [0, 0.1) is 0 Å². The average molecular weight is 158 g/mol. The molecule has 11 heavy (non-hydrogen) atoms. The van der Waals surface area contributed by atoms with Crippen molar-refractivity contribution in [2.45, 2.75) is 26.3 Å². The highest BCUT2D eigenvalue weighted by Gasteiger charge is 2.12. The first-order chi connectivity index (χ1) is 5.11. The number of nitrogens with two attached hydrogens (primary N) is 1. The van der Waals surface area contributed by atoms with Crippen LogP contribution in [0.4, 0.5) is 0 Å². The first kappa shape index (κ1) is 10.1. The van der Waals surface area contributed by atoms with E-state index in [4.69, 9.17) is 5.73 Å². The van der Waals surface area contributed by atoms with Gasteiger partial charge in [-0.05, 0) is 13.3 Å². The molecule has 0 aromatic carbocycles. The SMILES string of the molecule is CC[C@H](NC(=O)CN)C(C)=O. The second kappa shape index (κ2) is 4.85. The topological polar surface area (TPSA) is 72.2 Å². The van der Waals surface area contributed by atoms with Gasteiger partial charge in [-0.2, -0.15) is 0 Å². The summed E-state index contributed by atoms with van der Waals surface area (Å²) in [5, 5.41) is 2.50. The number of Topliss-reactive ketones (excluding diaryl/α,β-unsaturated/α-hetero) is 1. The van der Waals surface area contributed by atoms with E-state index in [1.807, 2.05) is 6.92 Å². The van der Waals surface area contributed by atoms with E-state index in [-0.39, 0.29) is 24.3 Å². The summed E-state index contributed by atoms with van der Waals surface area (Å²) in [6, 6.07) is -0.369. The smallest absolute Gasteiger partial charge is 0.234 e. The van der Waals surface area contributed by atoms with E-state index in [1.54, 1.807) is 0 Å². The van der Waals surface area contributed by atoms with Gasteiger partial charge in [0.1, 0.15) is 0 Å². The predicted molar refractivity (Wildman–Crippen MR) is 42.0 cm³/mol. The number of carbonyl (C=O) groups excluding carboxylic acids is 2. The van der Waals surface area contributed by atoms with Crippen LogP contribution in [0.15, 0.2) is 0 Å². The molecule has 0 unspecified atom stereocenters. The maximum absolute atomic E-state index is 10.8. The average Bonchev–Trinajstić information content (AvgIpc) is 1.99. The third-order valence-corrected chi connectivity index (χ3v) is 1.42. The molecule has 0 rings (SSSR count). The van der Waals surface area contributed by atoms with Crippen LogP contribution in [-0.4, -0.2) is 24.3 Å². The van der Waals surface area contributed by atoms with Gasteiger partial charge >= 0.3 is 0 Å². The zero-order valence-corrected chi connectivity index (χ0v) is 6.89. The van der Waals surface area contributed by atoms with E-state index in [9.17, 15) is 9.59 Å². The fourth-order valence-corrected chi connectivity index (χ4v) is 0.744. The molecule has 0 aliphatic rings.